The van der Waals surface area contributed by atoms with Crippen LogP contribution in [0.5, 0.6) is 0 Å². The van der Waals surface area contributed by atoms with Crippen LogP contribution in [0.25, 0.3) is 22.6 Å². The van der Waals surface area contributed by atoms with Gasteiger partial charge in [-0.1, -0.05) is 6.07 Å². The van der Waals surface area contributed by atoms with E-state index in [1.165, 1.54) is 24.3 Å². The molecule has 22 heavy (non-hydrogen) atoms. The second kappa shape index (κ2) is 4.92. The van der Waals surface area contributed by atoms with Gasteiger partial charge in [0.15, 0.2) is 5.58 Å². The smallest absolute Gasteiger partial charge is 0.339 e. The van der Waals surface area contributed by atoms with E-state index in [9.17, 15) is 19.3 Å². The van der Waals surface area contributed by atoms with Gasteiger partial charge in [0, 0.05) is 17.7 Å². The lowest BCUT2D eigenvalue weighted by Gasteiger charge is -1.96. The molecule has 0 atom stereocenters. The molecule has 3 rings (SSSR count). The van der Waals surface area contributed by atoms with Gasteiger partial charge in [-0.15, -0.1) is 0 Å². The summed E-state index contributed by atoms with van der Waals surface area (Å²) in [6, 6.07) is 7.38. The fourth-order valence-electron chi connectivity index (χ4n) is 2.03. The second-order valence-corrected chi connectivity index (χ2v) is 4.43. The maximum Gasteiger partial charge on any atom is 0.339 e. The Bertz CT molecular complexity index is 919. The molecule has 8 heteroatoms. The number of nitro benzene ring substituents is 1. The number of carboxylic acids is 1. The number of aromatic carboxylic acids is 1. The molecular formula is C14H7FN2O5. The molecule has 0 amide bonds. The van der Waals surface area contributed by atoms with Crippen LogP contribution in [0.2, 0.25) is 0 Å². The van der Waals surface area contributed by atoms with E-state index in [0.717, 1.165) is 12.1 Å². The first-order valence-corrected chi connectivity index (χ1v) is 6.04. The summed E-state index contributed by atoms with van der Waals surface area (Å²) in [7, 11) is 0. The minimum Gasteiger partial charge on any atom is -0.478 e. The third kappa shape index (κ3) is 2.26. The topological polar surface area (TPSA) is 106 Å². The SMILES string of the molecule is O=C(O)c1cc([N+](=O)[O-])cc2nc(-c3cccc(F)c3)oc12. The van der Waals surface area contributed by atoms with E-state index in [2.05, 4.69) is 4.98 Å². The van der Waals surface area contributed by atoms with Gasteiger partial charge in [-0.3, -0.25) is 10.1 Å². The Balaban J connectivity index is 2.26. The highest BCUT2D eigenvalue weighted by Gasteiger charge is 2.21. The van der Waals surface area contributed by atoms with Crippen molar-refractivity contribution < 1.29 is 23.6 Å². The summed E-state index contributed by atoms with van der Waals surface area (Å²) in [6.45, 7) is 0. The van der Waals surface area contributed by atoms with E-state index in [4.69, 9.17) is 9.52 Å². The standard InChI is InChI=1S/C14H7FN2O5/c15-8-3-1-2-7(4-8)13-16-11-6-9(17(20)21)5-10(14(18)19)12(11)22-13/h1-6H,(H,18,19). The van der Waals surface area contributed by atoms with Crippen LogP contribution in [-0.2, 0) is 0 Å². The number of carbonyl (C=O) groups is 1. The number of nitrogens with zero attached hydrogens (tertiary/aromatic N) is 2. The first kappa shape index (κ1) is 13.7. The molecule has 0 aliphatic heterocycles. The number of hydrogen-bond donors (Lipinski definition) is 1. The molecule has 0 aliphatic rings. The average Bonchev–Trinajstić information content (AvgIpc) is 2.89. The highest BCUT2D eigenvalue weighted by Crippen LogP contribution is 2.30. The number of nitro groups is 1. The molecular weight excluding hydrogens is 295 g/mol. The van der Waals surface area contributed by atoms with E-state index < -0.39 is 22.4 Å². The van der Waals surface area contributed by atoms with Gasteiger partial charge in [-0.2, -0.15) is 0 Å². The Kier molecular flexibility index (Phi) is 3.06. The molecule has 1 aromatic heterocycles. The summed E-state index contributed by atoms with van der Waals surface area (Å²) in [4.78, 5) is 25.4. The third-order valence-electron chi connectivity index (χ3n) is 2.99. The highest BCUT2D eigenvalue weighted by atomic mass is 19.1. The van der Waals surface area contributed by atoms with Gasteiger partial charge in [0.2, 0.25) is 5.89 Å². The summed E-state index contributed by atoms with van der Waals surface area (Å²) < 4.78 is 18.6. The molecule has 0 bridgehead atoms. The minimum atomic E-state index is -1.38. The first-order chi connectivity index (χ1) is 10.5. The fourth-order valence-corrected chi connectivity index (χ4v) is 2.03. The van der Waals surface area contributed by atoms with Crippen molar-refractivity contribution in [2.24, 2.45) is 0 Å². The summed E-state index contributed by atoms with van der Waals surface area (Å²) in [6.07, 6.45) is 0. The molecule has 0 aliphatic carbocycles. The molecule has 1 heterocycles. The fraction of sp³-hybridized carbons (Fsp3) is 0. The summed E-state index contributed by atoms with van der Waals surface area (Å²) in [5, 5.41) is 20.0. The van der Waals surface area contributed by atoms with Crippen molar-refractivity contribution in [2.75, 3.05) is 0 Å². The number of rotatable bonds is 3. The van der Waals surface area contributed by atoms with E-state index in [1.807, 2.05) is 0 Å². The van der Waals surface area contributed by atoms with Gasteiger partial charge >= 0.3 is 5.97 Å². The highest BCUT2D eigenvalue weighted by molar-refractivity contribution is 6.01. The van der Waals surface area contributed by atoms with Crippen LogP contribution in [0.1, 0.15) is 10.4 Å². The third-order valence-corrected chi connectivity index (χ3v) is 2.99. The predicted octanol–water partition coefficient (Wildman–Crippen LogP) is 3.24. The second-order valence-electron chi connectivity index (χ2n) is 4.43. The molecule has 7 nitrogen and oxygen atoms in total. The van der Waals surface area contributed by atoms with Crippen LogP contribution in [-0.4, -0.2) is 21.0 Å². The number of benzene rings is 2. The van der Waals surface area contributed by atoms with Crippen molar-refractivity contribution in [2.45, 2.75) is 0 Å². The molecule has 0 spiro atoms. The van der Waals surface area contributed by atoms with Crippen LogP contribution in [0.3, 0.4) is 0 Å². The molecule has 1 N–H and O–H groups in total. The maximum absolute atomic E-state index is 13.2. The molecule has 3 aromatic rings. The van der Waals surface area contributed by atoms with E-state index >= 15 is 0 Å². The predicted molar refractivity (Wildman–Crippen MR) is 73.0 cm³/mol. The lowest BCUT2D eigenvalue weighted by molar-refractivity contribution is -0.384. The number of fused-ring (bicyclic) bond motifs is 1. The van der Waals surface area contributed by atoms with Crippen LogP contribution >= 0.6 is 0 Å². The number of halogens is 1. The van der Waals surface area contributed by atoms with Crippen LogP contribution < -0.4 is 0 Å². The monoisotopic (exact) mass is 302 g/mol. The Labute approximate surface area is 121 Å². The van der Waals surface area contributed by atoms with Gasteiger partial charge < -0.3 is 9.52 Å². The number of carboxylic acid groups (broad SMARTS) is 1. The number of aromatic nitrogens is 1. The largest absolute Gasteiger partial charge is 0.478 e. The Morgan fingerprint density at radius 2 is 2.09 bits per heavy atom. The summed E-state index contributed by atoms with van der Waals surface area (Å²) in [5.41, 5.74) is -0.568. The Morgan fingerprint density at radius 3 is 2.73 bits per heavy atom. The van der Waals surface area contributed by atoms with Gasteiger partial charge in [0.05, 0.1) is 4.92 Å². The molecule has 2 aromatic carbocycles. The van der Waals surface area contributed by atoms with Crippen molar-refractivity contribution in [3.63, 3.8) is 0 Å². The molecule has 0 saturated heterocycles. The molecule has 0 unspecified atom stereocenters. The van der Waals surface area contributed by atoms with Crippen molar-refractivity contribution >= 4 is 22.8 Å². The molecule has 0 saturated carbocycles. The van der Waals surface area contributed by atoms with Gasteiger partial charge in [-0.25, -0.2) is 14.2 Å². The number of oxazole rings is 1. The zero-order valence-electron chi connectivity index (χ0n) is 10.8. The van der Waals surface area contributed by atoms with Crippen molar-refractivity contribution in [1.82, 2.24) is 4.98 Å². The van der Waals surface area contributed by atoms with Crippen molar-refractivity contribution in [1.29, 1.82) is 0 Å². The zero-order chi connectivity index (χ0) is 15.9. The zero-order valence-corrected chi connectivity index (χ0v) is 10.8. The van der Waals surface area contributed by atoms with E-state index in [1.54, 1.807) is 0 Å². The average molecular weight is 302 g/mol. The Hall–Kier alpha value is -3.29. The van der Waals surface area contributed by atoms with Gasteiger partial charge in [0.1, 0.15) is 16.9 Å². The lowest BCUT2D eigenvalue weighted by atomic mass is 10.2. The summed E-state index contributed by atoms with van der Waals surface area (Å²) in [5.74, 6) is -1.91. The first-order valence-electron chi connectivity index (χ1n) is 6.04. The molecule has 0 fully saturated rings. The van der Waals surface area contributed by atoms with Crippen molar-refractivity contribution in [3.8, 4) is 11.5 Å². The Morgan fingerprint density at radius 1 is 1.32 bits per heavy atom. The number of non-ortho nitro benzene ring substituents is 1. The quantitative estimate of drug-likeness (QED) is 0.588. The van der Waals surface area contributed by atoms with Gasteiger partial charge in [-0.05, 0) is 18.2 Å². The molecule has 110 valence electrons. The maximum atomic E-state index is 13.2. The van der Waals surface area contributed by atoms with Gasteiger partial charge in [0.25, 0.3) is 5.69 Å². The normalized spacial score (nSPS) is 10.8. The van der Waals surface area contributed by atoms with Crippen LogP contribution in [0.4, 0.5) is 10.1 Å². The molecule has 0 radical (unpaired) electrons. The lowest BCUT2D eigenvalue weighted by Crippen LogP contribution is -1.99. The van der Waals surface area contributed by atoms with E-state index in [0.29, 0.717) is 5.56 Å². The van der Waals surface area contributed by atoms with Crippen LogP contribution in [0, 0.1) is 15.9 Å². The van der Waals surface area contributed by atoms with Crippen molar-refractivity contribution in [3.05, 3.63) is 57.9 Å². The van der Waals surface area contributed by atoms with Crippen LogP contribution in [0.15, 0.2) is 40.8 Å². The summed E-state index contributed by atoms with van der Waals surface area (Å²) >= 11 is 0. The van der Waals surface area contributed by atoms with E-state index in [-0.39, 0.29) is 22.6 Å². The number of hydrogen-bond acceptors (Lipinski definition) is 5. The minimum absolute atomic E-state index is 0.0162.